The maximum Gasteiger partial charge on any atom is 0.328 e. The van der Waals surface area contributed by atoms with Gasteiger partial charge in [0.1, 0.15) is 5.82 Å². The first-order valence-electron chi connectivity index (χ1n) is 5.86. The number of carboxylic acid groups (broad SMARTS) is 1. The van der Waals surface area contributed by atoms with Crippen LogP contribution < -0.4 is 4.90 Å². The molecule has 2 heterocycles. The largest absolute Gasteiger partial charge is 0.478 e. The van der Waals surface area contributed by atoms with Crippen molar-refractivity contribution in [2.75, 3.05) is 11.9 Å². The number of pyridine rings is 1. The number of carbonyl (C=O) groups is 1. The average molecular weight is 353 g/mol. The molecule has 2 aromatic rings. The minimum absolute atomic E-state index is 0.715. The zero-order valence-electron chi connectivity index (χ0n) is 10.8. The van der Waals surface area contributed by atoms with Crippen LogP contribution in [0.4, 0.5) is 5.82 Å². The van der Waals surface area contributed by atoms with Gasteiger partial charge in [0, 0.05) is 31.4 Å². The predicted octanol–water partition coefficient (Wildman–Crippen LogP) is 3.64. The van der Waals surface area contributed by atoms with E-state index >= 15 is 0 Å². The molecule has 2 rings (SSSR count). The number of nitrogens with zero attached hydrogens (tertiary/aromatic N) is 2. The van der Waals surface area contributed by atoms with Gasteiger partial charge in [-0.2, -0.15) is 0 Å². The SMILES string of the molecule is CN(Cc1csc(Br)c1)c1ncccc1/C=C/C(=O)O. The molecule has 20 heavy (non-hydrogen) atoms. The Hall–Kier alpha value is -1.66. The smallest absolute Gasteiger partial charge is 0.328 e. The van der Waals surface area contributed by atoms with Crippen molar-refractivity contribution in [1.29, 1.82) is 0 Å². The van der Waals surface area contributed by atoms with Crippen LogP contribution in [0.1, 0.15) is 11.1 Å². The molecule has 0 fully saturated rings. The van der Waals surface area contributed by atoms with Crippen LogP contribution in [-0.4, -0.2) is 23.1 Å². The molecule has 4 nitrogen and oxygen atoms in total. The molecule has 0 unspecified atom stereocenters. The number of thiophene rings is 1. The second kappa shape index (κ2) is 6.67. The Bertz CT molecular complexity index is 640. The maximum absolute atomic E-state index is 10.6. The van der Waals surface area contributed by atoms with Gasteiger partial charge >= 0.3 is 5.97 Å². The van der Waals surface area contributed by atoms with Gasteiger partial charge in [0.05, 0.1) is 3.79 Å². The van der Waals surface area contributed by atoms with E-state index in [4.69, 9.17) is 5.11 Å². The third-order valence-electron chi connectivity index (χ3n) is 2.63. The number of anilines is 1. The molecule has 104 valence electrons. The number of aromatic nitrogens is 1. The molecule has 0 aromatic carbocycles. The van der Waals surface area contributed by atoms with Crippen LogP contribution in [0.25, 0.3) is 6.08 Å². The highest BCUT2D eigenvalue weighted by atomic mass is 79.9. The highest BCUT2D eigenvalue weighted by Crippen LogP contribution is 2.24. The van der Waals surface area contributed by atoms with E-state index in [0.29, 0.717) is 6.54 Å². The van der Waals surface area contributed by atoms with Crippen LogP contribution in [-0.2, 0) is 11.3 Å². The minimum Gasteiger partial charge on any atom is -0.478 e. The molecule has 0 aliphatic heterocycles. The number of hydrogen-bond acceptors (Lipinski definition) is 4. The molecule has 0 amide bonds. The highest BCUT2D eigenvalue weighted by Gasteiger charge is 2.08. The molecule has 0 aliphatic carbocycles. The molecule has 0 saturated heterocycles. The van der Waals surface area contributed by atoms with Gasteiger partial charge in [0.2, 0.25) is 0 Å². The van der Waals surface area contributed by atoms with Crippen LogP contribution >= 0.6 is 27.3 Å². The molecular weight excluding hydrogens is 340 g/mol. The molecule has 0 saturated carbocycles. The first-order chi connectivity index (χ1) is 9.56. The van der Waals surface area contributed by atoms with E-state index in [0.717, 1.165) is 21.2 Å². The summed E-state index contributed by atoms with van der Waals surface area (Å²) in [6.07, 6.45) is 4.38. The van der Waals surface area contributed by atoms with Crippen molar-refractivity contribution in [3.63, 3.8) is 0 Å². The summed E-state index contributed by atoms with van der Waals surface area (Å²) in [6, 6.07) is 5.71. The Morgan fingerprint density at radius 3 is 3.05 bits per heavy atom. The summed E-state index contributed by atoms with van der Waals surface area (Å²) >= 11 is 5.08. The molecule has 0 radical (unpaired) electrons. The molecular formula is C14H13BrN2O2S. The molecule has 0 aliphatic rings. The van der Waals surface area contributed by atoms with Gasteiger partial charge in [-0.05, 0) is 51.1 Å². The second-order valence-electron chi connectivity index (χ2n) is 4.20. The minimum atomic E-state index is -0.968. The zero-order valence-corrected chi connectivity index (χ0v) is 13.2. The second-order valence-corrected chi connectivity index (χ2v) is 6.49. The Balaban J connectivity index is 2.20. The van der Waals surface area contributed by atoms with Crippen molar-refractivity contribution < 1.29 is 9.90 Å². The number of halogens is 1. The Kier molecular flexibility index (Phi) is 4.92. The molecule has 1 N–H and O–H groups in total. The summed E-state index contributed by atoms with van der Waals surface area (Å²) in [5.74, 6) is -0.212. The van der Waals surface area contributed by atoms with E-state index in [1.807, 2.05) is 18.0 Å². The number of aliphatic carboxylic acids is 1. The predicted molar refractivity (Wildman–Crippen MR) is 85.0 cm³/mol. The summed E-state index contributed by atoms with van der Waals surface area (Å²) in [4.78, 5) is 17.0. The number of rotatable bonds is 5. The first-order valence-corrected chi connectivity index (χ1v) is 7.53. The van der Waals surface area contributed by atoms with Gasteiger partial charge in [-0.15, -0.1) is 11.3 Å². The fraction of sp³-hybridized carbons (Fsp3) is 0.143. The van der Waals surface area contributed by atoms with E-state index in [-0.39, 0.29) is 0 Å². The summed E-state index contributed by atoms with van der Waals surface area (Å²) < 4.78 is 1.09. The van der Waals surface area contributed by atoms with Gasteiger partial charge in [-0.25, -0.2) is 9.78 Å². The van der Waals surface area contributed by atoms with Gasteiger partial charge in [0.15, 0.2) is 0 Å². The van der Waals surface area contributed by atoms with Gasteiger partial charge in [0.25, 0.3) is 0 Å². The lowest BCUT2D eigenvalue weighted by molar-refractivity contribution is -0.131. The van der Waals surface area contributed by atoms with Gasteiger partial charge in [-0.3, -0.25) is 0 Å². The maximum atomic E-state index is 10.6. The normalized spacial score (nSPS) is 10.9. The van der Waals surface area contributed by atoms with E-state index in [2.05, 4.69) is 32.4 Å². The number of hydrogen-bond donors (Lipinski definition) is 1. The summed E-state index contributed by atoms with van der Waals surface area (Å²) in [7, 11) is 1.94. The summed E-state index contributed by atoms with van der Waals surface area (Å²) in [6.45, 7) is 0.715. The van der Waals surface area contributed by atoms with E-state index < -0.39 is 5.97 Å². The van der Waals surface area contributed by atoms with Crippen molar-refractivity contribution in [3.8, 4) is 0 Å². The molecule has 6 heteroatoms. The van der Waals surface area contributed by atoms with Gasteiger partial charge < -0.3 is 10.0 Å². The lowest BCUT2D eigenvalue weighted by Crippen LogP contribution is -2.18. The third kappa shape index (κ3) is 3.91. The lowest BCUT2D eigenvalue weighted by atomic mass is 10.2. The topological polar surface area (TPSA) is 53.4 Å². The van der Waals surface area contributed by atoms with Crippen molar-refractivity contribution in [2.45, 2.75) is 6.54 Å². The number of carboxylic acids is 1. The van der Waals surface area contributed by atoms with Crippen molar-refractivity contribution in [2.24, 2.45) is 0 Å². The molecule has 0 bridgehead atoms. The summed E-state index contributed by atoms with van der Waals surface area (Å²) in [5.41, 5.74) is 1.97. The lowest BCUT2D eigenvalue weighted by Gasteiger charge is -2.19. The monoisotopic (exact) mass is 352 g/mol. The van der Waals surface area contributed by atoms with Crippen molar-refractivity contribution in [3.05, 3.63) is 50.8 Å². The fourth-order valence-electron chi connectivity index (χ4n) is 1.80. The van der Waals surface area contributed by atoms with Crippen molar-refractivity contribution in [1.82, 2.24) is 4.98 Å². The first kappa shape index (κ1) is 14.7. The van der Waals surface area contributed by atoms with Crippen LogP contribution in [0.2, 0.25) is 0 Å². The zero-order chi connectivity index (χ0) is 14.5. The van der Waals surface area contributed by atoms with E-state index in [9.17, 15) is 4.79 Å². The van der Waals surface area contributed by atoms with Crippen LogP contribution in [0.15, 0.2) is 39.6 Å². The fourth-order valence-corrected chi connectivity index (χ4v) is 3.00. The standard InChI is InChI=1S/C14H13BrN2O2S/c1-17(8-10-7-12(15)20-9-10)14-11(3-2-6-16-14)4-5-13(18)19/h2-7,9H,8H2,1H3,(H,18,19)/b5-4+. The van der Waals surface area contributed by atoms with Crippen LogP contribution in [0, 0.1) is 0 Å². The Labute approximate surface area is 129 Å². The quantitative estimate of drug-likeness (QED) is 0.834. The molecule has 0 spiro atoms. The highest BCUT2D eigenvalue weighted by molar-refractivity contribution is 9.11. The Morgan fingerprint density at radius 2 is 2.40 bits per heavy atom. The Morgan fingerprint density at radius 1 is 1.60 bits per heavy atom. The van der Waals surface area contributed by atoms with Crippen molar-refractivity contribution >= 4 is 45.1 Å². The average Bonchev–Trinajstić information content (AvgIpc) is 2.82. The van der Waals surface area contributed by atoms with E-state index in [1.54, 1.807) is 29.7 Å². The molecule has 2 aromatic heterocycles. The summed E-state index contributed by atoms with van der Waals surface area (Å²) in [5, 5.41) is 10.8. The van der Waals surface area contributed by atoms with E-state index in [1.165, 1.54) is 5.56 Å². The van der Waals surface area contributed by atoms with Gasteiger partial charge in [-0.1, -0.05) is 0 Å². The van der Waals surface area contributed by atoms with Crippen LogP contribution in [0.5, 0.6) is 0 Å². The third-order valence-corrected chi connectivity index (χ3v) is 4.18. The molecule has 0 atom stereocenters. The van der Waals surface area contributed by atoms with Crippen LogP contribution in [0.3, 0.4) is 0 Å².